The number of fused-ring (bicyclic) bond motifs is 1. The zero-order valence-electron chi connectivity index (χ0n) is 24.1. The van der Waals surface area contributed by atoms with Crippen molar-refractivity contribution in [1.82, 2.24) is 19.4 Å². The molecule has 0 amide bonds. The predicted molar refractivity (Wildman–Crippen MR) is 158 cm³/mol. The standard InChI is InChI=1S/C33H36N4O5/c1-21-16-24(22(2)38)6-7-26(21)20-42-32-5-3-4-28(35-32)23-10-13-36(14-11-23)19-31-34-29-9-8-25(33(39)40)17-30(29)37(31)18-27-12-15-41-27/h3-9,16-17,23,27H,10-15,18-20H2,1-2H3,(H,39,40)/t27-/m0/s1. The topological polar surface area (TPSA) is 107 Å². The molecule has 9 nitrogen and oxygen atoms in total. The molecule has 218 valence electrons. The van der Waals surface area contributed by atoms with Crippen molar-refractivity contribution in [2.24, 2.45) is 0 Å². The van der Waals surface area contributed by atoms with Crippen LogP contribution in [0.25, 0.3) is 11.0 Å². The number of Topliss-reactive ketones (excluding diaryl/α,β-unsaturated/α-hetero) is 1. The third-order valence-electron chi connectivity index (χ3n) is 8.49. The molecule has 6 rings (SSSR count). The Morgan fingerprint density at radius 1 is 1.02 bits per heavy atom. The minimum atomic E-state index is -0.935. The molecule has 2 aliphatic heterocycles. The van der Waals surface area contributed by atoms with E-state index >= 15 is 0 Å². The van der Waals surface area contributed by atoms with Crippen LogP contribution in [0.15, 0.2) is 54.6 Å². The summed E-state index contributed by atoms with van der Waals surface area (Å²) in [6.45, 7) is 7.97. The van der Waals surface area contributed by atoms with E-state index in [1.807, 2.05) is 37.3 Å². The van der Waals surface area contributed by atoms with Gasteiger partial charge in [-0.3, -0.25) is 9.69 Å². The zero-order chi connectivity index (χ0) is 29.2. The number of rotatable bonds is 10. The van der Waals surface area contributed by atoms with E-state index in [2.05, 4.69) is 15.5 Å². The maximum atomic E-state index is 11.7. The highest BCUT2D eigenvalue weighted by atomic mass is 16.5. The molecule has 0 spiro atoms. The van der Waals surface area contributed by atoms with Crippen LogP contribution in [0.3, 0.4) is 0 Å². The van der Waals surface area contributed by atoms with Crippen molar-refractivity contribution in [2.75, 3.05) is 19.7 Å². The first-order valence-corrected chi connectivity index (χ1v) is 14.6. The van der Waals surface area contributed by atoms with Crippen LogP contribution in [0.2, 0.25) is 0 Å². The normalized spacial score (nSPS) is 17.7. The first kappa shape index (κ1) is 28.1. The summed E-state index contributed by atoms with van der Waals surface area (Å²) in [6.07, 6.45) is 3.11. The number of hydrogen-bond donors (Lipinski definition) is 1. The number of carbonyl (C=O) groups excluding carboxylic acids is 1. The summed E-state index contributed by atoms with van der Waals surface area (Å²) in [6, 6.07) is 16.8. The Morgan fingerprint density at radius 2 is 1.81 bits per heavy atom. The summed E-state index contributed by atoms with van der Waals surface area (Å²) in [4.78, 5) is 35.4. The lowest BCUT2D eigenvalue weighted by Gasteiger charge is -2.32. The molecule has 42 heavy (non-hydrogen) atoms. The van der Waals surface area contributed by atoms with Gasteiger partial charge in [0.1, 0.15) is 12.4 Å². The van der Waals surface area contributed by atoms with Gasteiger partial charge in [-0.1, -0.05) is 18.2 Å². The molecule has 2 saturated heterocycles. The van der Waals surface area contributed by atoms with E-state index in [1.54, 1.807) is 25.1 Å². The Labute approximate surface area is 245 Å². The van der Waals surface area contributed by atoms with Crippen LogP contribution in [0.5, 0.6) is 5.88 Å². The number of ketones is 1. The van der Waals surface area contributed by atoms with Crippen molar-refractivity contribution < 1.29 is 24.2 Å². The van der Waals surface area contributed by atoms with Gasteiger partial charge in [0.2, 0.25) is 5.88 Å². The van der Waals surface area contributed by atoms with E-state index in [-0.39, 0.29) is 17.5 Å². The van der Waals surface area contributed by atoms with Gasteiger partial charge in [-0.15, -0.1) is 0 Å². The minimum absolute atomic E-state index is 0.0576. The second-order valence-corrected chi connectivity index (χ2v) is 11.4. The van der Waals surface area contributed by atoms with Gasteiger partial charge in [-0.2, -0.15) is 0 Å². The zero-order valence-corrected chi connectivity index (χ0v) is 24.1. The number of aryl methyl sites for hydroxylation is 1. The Hall–Kier alpha value is -4.08. The lowest BCUT2D eigenvalue weighted by atomic mass is 9.93. The summed E-state index contributed by atoms with van der Waals surface area (Å²) >= 11 is 0. The molecule has 0 bridgehead atoms. The number of carboxylic acid groups (broad SMARTS) is 1. The molecule has 0 aliphatic carbocycles. The van der Waals surface area contributed by atoms with E-state index in [0.29, 0.717) is 37.1 Å². The molecule has 2 aromatic carbocycles. The molecule has 2 aliphatic rings. The first-order chi connectivity index (χ1) is 20.3. The molecule has 0 radical (unpaired) electrons. The Morgan fingerprint density at radius 3 is 2.50 bits per heavy atom. The molecule has 0 saturated carbocycles. The summed E-state index contributed by atoms with van der Waals surface area (Å²) < 4.78 is 13.9. The largest absolute Gasteiger partial charge is 0.478 e. The van der Waals surface area contributed by atoms with Crippen LogP contribution in [0.1, 0.15) is 75.5 Å². The number of aromatic nitrogens is 3. The summed E-state index contributed by atoms with van der Waals surface area (Å²) in [5, 5.41) is 9.51. The highest BCUT2D eigenvalue weighted by Crippen LogP contribution is 2.30. The van der Waals surface area contributed by atoms with E-state index in [0.717, 1.165) is 72.6 Å². The summed E-state index contributed by atoms with van der Waals surface area (Å²) in [5.41, 5.74) is 5.75. The number of imidazole rings is 1. The molecule has 2 aromatic heterocycles. The van der Waals surface area contributed by atoms with Crippen LogP contribution in [-0.2, 0) is 24.4 Å². The van der Waals surface area contributed by atoms with Gasteiger partial charge >= 0.3 is 5.97 Å². The number of carboxylic acids is 1. The van der Waals surface area contributed by atoms with Crippen LogP contribution in [0, 0.1) is 6.92 Å². The number of benzene rings is 2. The maximum absolute atomic E-state index is 11.7. The number of pyridine rings is 1. The second-order valence-electron chi connectivity index (χ2n) is 11.4. The fourth-order valence-electron chi connectivity index (χ4n) is 5.82. The Kier molecular flexibility index (Phi) is 8.04. The summed E-state index contributed by atoms with van der Waals surface area (Å²) in [5.74, 6) is 1.03. The lowest BCUT2D eigenvalue weighted by molar-refractivity contribution is -0.0592. The Bertz CT molecular complexity index is 1620. The van der Waals surface area contributed by atoms with Crippen molar-refractivity contribution in [3.05, 3.63) is 88.4 Å². The van der Waals surface area contributed by atoms with Gasteiger partial charge in [0.05, 0.1) is 35.8 Å². The highest BCUT2D eigenvalue weighted by molar-refractivity contribution is 5.94. The van der Waals surface area contributed by atoms with Crippen LogP contribution in [0.4, 0.5) is 0 Å². The van der Waals surface area contributed by atoms with Crippen LogP contribution in [-0.4, -0.2) is 62.1 Å². The van der Waals surface area contributed by atoms with Gasteiger partial charge in [0.15, 0.2) is 5.78 Å². The van der Waals surface area contributed by atoms with Crippen molar-refractivity contribution in [1.29, 1.82) is 0 Å². The quantitative estimate of drug-likeness (QED) is 0.254. The minimum Gasteiger partial charge on any atom is -0.478 e. The SMILES string of the molecule is CC(=O)c1ccc(COc2cccc(C3CCN(Cc4nc5ccc(C(=O)O)cc5n4C[C@@H]4CCO4)CC3)n2)c(C)c1. The fourth-order valence-corrected chi connectivity index (χ4v) is 5.82. The van der Waals surface area contributed by atoms with E-state index in [9.17, 15) is 14.7 Å². The molecule has 9 heteroatoms. The number of carbonyl (C=O) groups is 2. The summed E-state index contributed by atoms with van der Waals surface area (Å²) in [7, 11) is 0. The van der Waals surface area contributed by atoms with Gasteiger partial charge in [-0.25, -0.2) is 14.8 Å². The number of ether oxygens (including phenoxy) is 2. The van der Waals surface area contributed by atoms with E-state index in [4.69, 9.17) is 19.4 Å². The highest BCUT2D eigenvalue weighted by Gasteiger charge is 2.26. The lowest BCUT2D eigenvalue weighted by Crippen LogP contribution is -2.35. The number of nitrogens with zero attached hydrogens (tertiary/aromatic N) is 4. The third-order valence-corrected chi connectivity index (χ3v) is 8.49. The molecule has 2 fully saturated rings. The molecule has 0 unspecified atom stereocenters. The van der Waals surface area contributed by atoms with Gasteiger partial charge < -0.3 is 19.1 Å². The van der Waals surface area contributed by atoms with Gasteiger partial charge in [0.25, 0.3) is 0 Å². The molecule has 4 aromatic rings. The average molecular weight is 569 g/mol. The van der Waals surface area contributed by atoms with E-state index in [1.165, 1.54) is 0 Å². The van der Waals surface area contributed by atoms with Crippen LogP contribution >= 0.6 is 0 Å². The monoisotopic (exact) mass is 568 g/mol. The smallest absolute Gasteiger partial charge is 0.335 e. The van der Waals surface area contributed by atoms with E-state index < -0.39 is 5.97 Å². The van der Waals surface area contributed by atoms with Crippen molar-refractivity contribution in [3.8, 4) is 5.88 Å². The van der Waals surface area contributed by atoms with Gasteiger partial charge in [0, 0.05) is 29.8 Å². The molecular weight excluding hydrogens is 532 g/mol. The van der Waals surface area contributed by atoms with Crippen LogP contribution < -0.4 is 4.74 Å². The third kappa shape index (κ3) is 6.07. The second kappa shape index (κ2) is 12.0. The van der Waals surface area contributed by atoms with Crippen molar-refractivity contribution >= 4 is 22.8 Å². The van der Waals surface area contributed by atoms with Gasteiger partial charge in [-0.05, 0) is 87.7 Å². The maximum Gasteiger partial charge on any atom is 0.335 e. The average Bonchev–Trinajstić information content (AvgIpc) is 3.30. The van der Waals surface area contributed by atoms with Crippen molar-refractivity contribution in [2.45, 2.75) is 64.8 Å². The molecule has 1 N–H and O–H groups in total. The number of likely N-dealkylation sites (tertiary alicyclic amines) is 1. The number of piperidine rings is 1. The fraction of sp³-hybridized carbons (Fsp3) is 0.394. The number of hydrogen-bond acceptors (Lipinski definition) is 7. The first-order valence-electron chi connectivity index (χ1n) is 14.6. The number of aromatic carboxylic acids is 1. The molecular formula is C33H36N4O5. The Balaban J connectivity index is 1.09. The molecule has 1 atom stereocenters. The van der Waals surface area contributed by atoms with Crippen molar-refractivity contribution in [3.63, 3.8) is 0 Å². The predicted octanol–water partition coefficient (Wildman–Crippen LogP) is 5.39. The molecule has 4 heterocycles.